The summed E-state index contributed by atoms with van der Waals surface area (Å²) in [5.41, 5.74) is 4.41. The van der Waals surface area contributed by atoms with E-state index in [1.165, 1.54) is 0 Å². The van der Waals surface area contributed by atoms with Crippen LogP contribution in [-0.2, 0) is 17.9 Å². The third-order valence-corrected chi connectivity index (χ3v) is 7.70. The van der Waals surface area contributed by atoms with Gasteiger partial charge in [0, 0.05) is 47.8 Å². The Hall–Kier alpha value is -2.64. The van der Waals surface area contributed by atoms with Gasteiger partial charge >= 0.3 is 0 Å². The number of rotatable bonds is 5. The van der Waals surface area contributed by atoms with Crippen LogP contribution in [0.1, 0.15) is 70.9 Å². The number of benzene rings is 1. The predicted octanol–water partition coefficient (Wildman–Crippen LogP) is 3.98. The molecule has 1 aliphatic carbocycles. The first-order valence-corrected chi connectivity index (χ1v) is 12.2. The molecule has 1 saturated carbocycles. The van der Waals surface area contributed by atoms with E-state index in [2.05, 4.69) is 29.3 Å². The lowest BCUT2D eigenvalue weighted by Gasteiger charge is -2.45. The highest BCUT2D eigenvalue weighted by Crippen LogP contribution is 2.43. The van der Waals surface area contributed by atoms with E-state index in [0.29, 0.717) is 29.7 Å². The molecule has 2 N–H and O–H groups in total. The summed E-state index contributed by atoms with van der Waals surface area (Å²) >= 11 is 0. The monoisotopic (exact) mass is 467 g/mol. The number of amides is 1. The van der Waals surface area contributed by atoms with Crippen LogP contribution >= 0.6 is 0 Å². The average molecular weight is 468 g/mol. The summed E-state index contributed by atoms with van der Waals surface area (Å²) in [6.45, 7) is 8.30. The van der Waals surface area contributed by atoms with Crippen molar-refractivity contribution in [2.75, 3.05) is 14.1 Å². The second-order valence-corrected chi connectivity index (χ2v) is 10.2. The van der Waals surface area contributed by atoms with Crippen LogP contribution in [0.15, 0.2) is 23.0 Å². The Morgan fingerprint density at radius 1 is 1.18 bits per heavy atom. The molecule has 0 saturated heterocycles. The van der Waals surface area contributed by atoms with Gasteiger partial charge in [-0.05, 0) is 89.9 Å². The maximum atomic E-state index is 13.0. The highest BCUT2D eigenvalue weighted by atomic mass is 16.7. The van der Waals surface area contributed by atoms with Gasteiger partial charge in [0.1, 0.15) is 5.75 Å². The van der Waals surface area contributed by atoms with Crippen molar-refractivity contribution in [2.45, 2.75) is 78.4 Å². The van der Waals surface area contributed by atoms with Crippen LogP contribution in [0.25, 0.3) is 0 Å². The molecule has 2 heterocycles. The molecule has 1 fully saturated rings. The zero-order valence-corrected chi connectivity index (χ0v) is 21.2. The molecule has 4 rings (SSSR count). The first-order valence-electron chi connectivity index (χ1n) is 12.2. The number of hydrogen-bond donors (Lipinski definition) is 2. The second kappa shape index (κ2) is 9.55. The fourth-order valence-electron chi connectivity index (χ4n) is 5.40. The van der Waals surface area contributed by atoms with Crippen molar-refractivity contribution in [3.63, 3.8) is 0 Å². The van der Waals surface area contributed by atoms with Gasteiger partial charge in [-0.2, -0.15) is 0 Å². The van der Waals surface area contributed by atoms with Crippen LogP contribution in [0.2, 0.25) is 0 Å². The number of aromatic nitrogens is 1. The SMILES string of the molecule is Cc1cc(C)c(CNC(=O)c2ccc3c(c2C)COC(C)(C2CCC(N(C)C)CC2)O3)c(=O)[nH]1. The summed E-state index contributed by atoms with van der Waals surface area (Å²) in [5.74, 6) is 0.277. The third-order valence-electron chi connectivity index (χ3n) is 7.70. The first-order chi connectivity index (χ1) is 16.1. The number of carbonyl (C=O) groups excluding carboxylic acids is 1. The maximum absolute atomic E-state index is 13.0. The van der Waals surface area contributed by atoms with E-state index in [-0.39, 0.29) is 18.0 Å². The molecule has 1 atom stereocenters. The van der Waals surface area contributed by atoms with Crippen molar-refractivity contribution in [1.82, 2.24) is 15.2 Å². The van der Waals surface area contributed by atoms with Gasteiger partial charge < -0.3 is 24.7 Å². The Morgan fingerprint density at radius 3 is 2.53 bits per heavy atom. The van der Waals surface area contributed by atoms with Gasteiger partial charge in [-0.25, -0.2) is 0 Å². The van der Waals surface area contributed by atoms with E-state index in [4.69, 9.17) is 9.47 Å². The largest absolute Gasteiger partial charge is 0.462 e. The Morgan fingerprint density at radius 2 is 1.88 bits per heavy atom. The van der Waals surface area contributed by atoms with E-state index in [9.17, 15) is 9.59 Å². The molecule has 0 spiro atoms. The molecule has 2 aromatic rings. The van der Waals surface area contributed by atoms with Gasteiger partial charge in [-0.3, -0.25) is 9.59 Å². The molecule has 7 nitrogen and oxygen atoms in total. The zero-order chi connectivity index (χ0) is 24.6. The summed E-state index contributed by atoms with van der Waals surface area (Å²) in [5, 5.41) is 2.90. The summed E-state index contributed by atoms with van der Waals surface area (Å²) in [6.07, 6.45) is 4.44. The number of hydrogen-bond acceptors (Lipinski definition) is 5. The van der Waals surface area contributed by atoms with Gasteiger partial charge in [-0.1, -0.05) is 0 Å². The van der Waals surface area contributed by atoms with Crippen LogP contribution in [0.5, 0.6) is 5.75 Å². The normalized spacial score (nSPS) is 24.4. The fourth-order valence-corrected chi connectivity index (χ4v) is 5.40. The van der Waals surface area contributed by atoms with Crippen molar-refractivity contribution < 1.29 is 14.3 Å². The number of aryl methyl sites for hydroxylation is 2. The molecular weight excluding hydrogens is 430 g/mol. The molecule has 2 aliphatic rings. The molecule has 0 bridgehead atoms. The Kier molecular flexibility index (Phi) is 6.87. The molecule has 1 unspecified atom stereocenters. The van der Waals surface area contributed by atoms with Crippen molar-refractivity contribution in [1.29, 1.82) is 0 Å². The lowest BCUT2D eigenvalue weighted by molar-refractivity contribution is -0.232. The minimum atomic E-state index is -0.648. The fraction of sp³-hybridized carbons (Fsp3) is 0.556. The van der Waals surface area contributed by atoms with Crippen LogP contribution in [0, 0.1) is 26.7 Å². The van der Waals surface area contributed by atoms with Gasteiger partial charge in [-0.15, -0.1) is 0 Å². The number of carbonyl (C=O) groups is 1. The van der Waals surface area contributed by atoms with Crippen LogP contribution < -0.4 is 15.6 Å². The number of nitrogens with one attached hydrogen (secondary N) is 2. The lowest BCUT2D eigenvalue weighted by atomic mass is 9.80. The number of pyridine rings is 1. The summed E-state index contributed by atoms with van der Waals surface area (Å²) in [7, 11) is 4.29. The zero-order valence-electron chi connectivity index (χ0n) is 21.2. The van der Waals surface area contributed by atoms with Crippen LogP contribution in [0.3, 0.4) is 0 Å². The topological polar surface area (TPSA) is 83.7 Å². The predicted molar refractivity (Wildman–Crippen MR) is 132 cm³/mol. The lowest BCUT2D eigenvalue weighted by Crippen LogP contribution is -2.48. The highest BCUT2D eigenvalue weighted by molar-refractivity contribution is 5.96. The first kappa shape index (κ1) is 24.5. The van der Waals surface area contributed by atoms with Crippen LogP contribution in [-0.4, -0.2) is 41.7 Å². The summed E-state index contributed by atoms with van der Waals surface area (Å²) in [4.78, 5) is 30.3. The van der Waals surface area contributed by atoms with Gasteiger partial charge in [0.2, 0.25) is 5.79 Å². The van der Waals surface area contributed by atoms with Crippen molar-refractivity contribution in [3.05, 3.63) is 62.1 Å². The summed E-state index contributed by atoms with van der Waals surface area (Å²) < 4.78 is 12.7. The Balaban J connectivity index is 1.46. The molecule has 1 amide bonds. The number of fused-ring (bicyclic) bond motifs is 1. The van der Waals surface area contributed by atoms with Crippen molar-refractivity contribution in [3.8, 4) is 5.75 Å². The molecule has 1 aromatic heterocycles. The van der Waals surface area contributed by atoms with Crippen LogP contribution in [0.4, 0.5) is 0 Å². The smallest absolute Gasteiger partial charge is 0.253 e. The summed E-state index contributed by atoms with van der Waals surface area (Å²) in [6, 6.07) is 6.22. The Labute approximate surface area is 201 Å². The number of aromatic amines is 1. The second-order valence-electron chi connectivity index (χ2n) is 10.2. The number of H-pyrrole nitrogens is 1. The van der Waals surface area contributed by atoms with E-state index in [0.717, 1.165) is 53.8 Å². The minimum absolute atomic E-state index is 0.166. The third kappa shape index (κ3) is 4.77. The van der Waals surface area contributed by atoms with E-state index >= 15 is 0 Å². The highest BCUT2D eigenvalue weighted by Gasteiger charge is 2.43. The van der Waals surface area contributed by atoms with Gasteiger partial charge in [0.25, 0.3) is 11.5 Å². The maximum Gasteiger partial charge on any atom is 0.253 e. The van der Waals surface area contributed by atoms with Gasteiger partial charge in [0.05, 0.1) is 6.61 Å². The standard InChI is InChI=1S/C27H37N3O4/c1-16-13-17(2)29-26(32)22(16)14-28-25(31)21-11-12-24-23(18(21)3)15-33-27(4,34-24)19-7-9-20(10-8-19)30(5)6/h11-13,19-20H,7-10,14-15H2,1-6H3,(H,28,31)(H,29,32). The van der Waals surface area contributed by atoms with E-state index in [1.807, 2.05) is 45.9 Å². The molecule has 184 valence electrons. The number of nitrogens with zero attached hydrogens (tertiary/aromatic N) is 1. The molecule has 1 aliphatic heterocycles. The average Bonchev–Trinajstić information content (AvgIpc) is 2.78. The molecule has 34 heavy (non-hydrogen) atoms. The minimum Gasteiger partial charge on any atom is -0.462 e. The van der Waals surface area contributed by atoms with E-state index in [1.54, 1.807) is 0 Å². The molecular formula is C27H37N3O4. The van der Waals surface area contributed by atoms with Crippen molar-refractivity contribution >= 4 is 5.91 Å². The van der Waals surface area contributed by atoms with Crippen molar-refractivity contribution in [2.24, 2.45) is 5.92 Å². The van der Waals surface area contributed by atoms with E-state index < -0.39 is 5.79 Å². The quantitative estimate of drug-likeness (QED) is 0.695. The Bertz CT molecular complexity index is 1130. The molecule has 7 heteroatoms. The molecule has 0 radical (unpaired) electrons. The van der Waals surface area contributed by atoms with Gasteiger partial charge in [0.15, 0.2) is 0 Å². The number of ether oxygens (including phenoxy) is 2. The molecule has 1 aromatic carbocycles.